The van der Waals surface area contributed by atoms with Crippen LogP contribution in [0.4, 0.5) is 5.69 Å². The van der Waals surface area contributed by atoms with E-state index in [0.29, 0.717) is 6.42 Å². The van der Waals surface area contributed by atoms with Crippen molar-refractivity contribution in [2.24, 2.45) is 0 Å². The summed E-state index contributed by atoms with van der Waals surface area (Å²) in [7, 11) is 0. The molecule has 150 valence electrons. The summed E-state index contributed by atoms with van der Waals surface area (Å²) in [5, 5.41) is 11.1. The summed E-state index contributed by atoms with van der Waals surface area (Å²) >= 11 is 1.07. The summed E-state index contributed by atoms with van der Waals surface area (Å²) in [4.78, 5) is 24.7. The lowest BCUT2D eigenvalue weighted by Crippen LogP contribution is -2.34. The maximum atomic E-state index is 12.5. The molecule has 3 aromatic rings. The maximum absolute atomic E-state index is 12.5. The number of nitrogen functional groups attached to an aromatic ring is 1. The molecule has 1 aromatic heterocycles. The van der Waals surface area contributed by atoms with Crippen molar-refractivity contribution in [2.45, 2.75) is 32.3 Å². The zero-order valence-corrected chi connectivity index (χ0v) is 17.4. The van der Waals surface area contributed by atoms with Crippen LogP contribution in [-0.2, 0) is 11.2 Å². The minimum atomic E-state index is -0.419. The second-order valence-corrected chi connectivity index (χ2v) is 7.85. The molecule has 0 radical (unpaired) electrons. The summed E-state index contributed by atoms with van der Waals surface area (Å²) in [5.74, 6) is 5.74. The summed E-state index contributed by atoms with van der Waals surface area (Å²) in [6.45, 7) is 6.00. The molecule has 0 aliphatic carbocycles. The highest BCUT2D eigenvalue weighted by Gasteiger charge is 2.13. The SMILES string of the molecule is Cc1ccc(Cc2nnc(SCC(=O)Nc3ccc(C)c(C)c3)n(N)c2=O)cc1. The van der Waals surface area contributed by atoms with Gasteiger partial charge < -0.3 is 11.2 Å². The number of aryl methyl sites for hydroxylation is 3. The number of hydrogen-bond acceptors (Lipinski definition) is 6. The number of carbonyl (C=O) groups excluding carboxylic acids is 1. The highest BCUT2D eigenvalue weighted by atomic mass is 32.2. The number of amides is 1. The monoisotopic (exact) mass is 409 g/mol. The van der Waals surface area contributed by atoms with Crippen molar-refractivity contribution in [3.63, 3.8) is 0 Å². The number of carbonyl (C=O) groups is 1. The molecule has 1 amide bonds. The molecular weight excluding hydrogens is 386 g/mol. The zero-order chi connectivity index (χ0) is 21.0. The first kappa shape index (κ1) is 20.6. The van der Waals surface area contributed by atoms with Crippen LogP contribution in [0, 0.1) is 20.8 Å². The van der Waals surface area contributed by atoms with Crippen LogP contribution >= 0.6 is 11.8 Å². The number of aromatic nitrogens is 3. The summed E-state index contributed by atoms with van der Waals surface area (Å²) in [6.07, 6.45) is 0.349. The molecule has 0 saturated carbocycles. The molecule has 0 atom stereocenters. The molecule has 0 unspecified atom stereocenters. The van der Waals surface area contributed by atoms with Crippen LogP contribution in [0.2, 0.25) is 0 Å². The van der Waals surface area contributed by atoms with Gasteiger partial charge in [0, 0.05) is 12.1 Å². The van der Waals surface area contributed by atoms with Crippen LogP contribution in [0.3, 0.4) is 0 Å². The zero-order valence-electron chi connectivity index (χ0n) is 16.6. The quantitative estimate of drug-likeness (QED) is 0.479. The third-order valence-corrected chi connectivity index (χ3v) is 5.49. The average molecular weight is 410 g/mol. The van der Waals surface area contributed by atoms with E-state index in [1.165, 1.54) is 0 Å². The van der Waals surface area contributed by atoms with Crippen LogP contribution in [0.15, 0.2) is 52.4 Å². The van der Waals surface area contributed by atoms with Gasteiger partial charge in [-0.2, -0.15) is 4.68 Å². The van der Waals surface area contributed by atoms with Crippen molar-refractivity contribution in [2.75, 3.05) is 16.9 Å². The Kier molecular flexibility index (Phi) is 6.33. The number of nitrogens with zero attached hydrogens (tertiary/aromatic N) is 3. The topological polar surface area (TPSA) is 103 Å². The summed E-state index contributed by atoms with van der Waals surface area (Å²) in [6, 6.07) is 13.5. The van der Waals surface area contributed by atoms with E-state index in [0.717, 1.165) is 44.4 Å². The second-order valence-electron chi connectivity index (χ2n) is 6.90. The van der Waals surface area contributed by atoms with Gasteiger partial charge in [-0.05, 0) is 49.6 Å². The van der Waals surface area contributed by atoms with Crippen LogP contribution in [0.5, 0.6) is 0 Å². The van der Waals surface area contributed by atoms with Gasteiger partial charge in [0.2, 0.25) is 11.1 Å². The predicted molar refractivity (Wildman–Crippen MR) is 116 cm³/mol. The molecule has 0 bridgehead atoms. The lowest BCUT2D eigenvalue weighted by atomic mass is 10.1. The number of thioether (sulfide) groups is 1. The van der Waals surface area contributed by atoms with Crippen LogP contribution in [0.25, 0.3) is 0 Å². The molecule has 0 spiro atoms. The predicted octanol–water partition coefficient (Wildman–Crippen LogP) is 2.60. The Morgan fingerprint density at radius 3 is 2.48 bits per heavy atom. The number of benzene rings is 2. The second kappa shape index (κ2) is 8.91. The Balaban J connectivity index is 1.64. The van der Waals surface area contributed by atoms with Crippen molar-refractivity contribution in [1.29, 1.82) is 0 Å². The lowest BCUT2D eigenvalue weighted by molar-refractivity contribution is -0.113. The maximum Gasteiger partial charge on any atom is 0.294 e. The van der Waals surface area contributed by atoms with Gasteiger partial charge in [0.1, 0.15) is 5.69 Å². The molecule has 0 aliphatic heterocycles. The fraction of sp³-hybridized carbons (Fsp3) is 0.238. The largest absolute Gasteiger partial charge is 0.334 e. The number of anilines is 1. The number of hydrogen-bond donors (Lipinski definition) is 2. The van der Waals surface area contributed by atoms with Gasteiger partial charge in [0.25, 0.3) is 5.56 Å². The fourth-order valence-electron chi connectivity index (χ4n) is 2.67. The highest BCUT2D eigenvalue weighted by Crippen LogP contribution is 2.16. The molecule has 3 N–H and O–H groups in total. The van der Waals surface area contributed by atoms with Crippen molar-refractivity contribution in [3.8, 4) is 0 Å². The van der Waals surface area contributed by atoms with Gasteiger partial charge in [-0.1, -0.05) is 47.7 Å². The van der Waals surface area contributed by atoms with E-state index in [1.807, 2.05) is 63.2 Å². The molecule has 2 aromatic carbocycles. The van der Waals surface area contributed by atoms with E-state index in [2.05, 4.69) is 15.5 Å². The number of rotatable bonds is 6. The van der Waals surface area contributed by atoms with Gasteiger partial charge in [0.05, 0.1) is 5.75 Å². The Hall–Kier alpha value is -3.13. The Morgan fingerprint density at radius 1 is 1.07 bits per heavy atom. The Bertz CT molecular complexity index is 1090. The van der Waals surface area contributed by atoms with Gasteiger partial charge in [-0.25, -0.2) is 0 Å². The van der Waals surface area contributed by atoms with Gasteiger partial charge >= 0.3 is 0 Å². The lowest BCUT2D eigenvalue weighted by Gasteiger charge is -2.09. The molecule has 1 heterocycles. The van der Waals surface area contributed by atoms with Crippen molar-refractivity contribution in [3.05, 3.63) is 80.8 Å². The standard InChI is InChI=1S/C21H23N5O2S/c1-13-4-7-16(8-5-13)11-18-20(28)26(22)21(25-24-18)29-12-19(27)23-17-9-6-14(2)15(3)10-17/h4-10H,11-12,22H2,1-3H3,(H,23,27). The Labute approximate surface area is 173 Å². The summed E-state index contributed by atoms with van der Waals surface area (Å²) in [5.41, 5.74) is 4.92. The van der Waals surface area contributed by atoms with E-state index >= 15 is 0 Å². The van der Waals surface area contributed by atoms with Crippen molar-refractivity contribution < 1.29 is 4.79 Å². The molecule has 29 heavy (non-hydrogen) atoms. The van der Waals surface area contributed by atoms with Crippen LogP contribution in [0.1, 0.15) is 27.9 Å². The van der Waals surface area contributed by atoms with E-state index in [1.54, 1.807) is 0 Å². The van der Waals surface area contributed by atoms with Crippen LogP contribution in [-0.4, -0.2) is 26.5 Å². The first-order valence-electron chi connectivity index (χ1n) is 9.12. The van der Waals surface area contributed by atoms with Gasteiger partial charge in [-0.3, -0.25) is 9.59 Å². The molecular formula is C21H23N5O2S. The molecule has 8 heteroatoms. The average Bonchev–Trinajstić information content (AvgIpc) is 2.69. The molecule has 0 aliphatic rings. The van der Waals surface area contributed by atoms with E-state index in [4.69, 9.17) is 5.84 Å². The molecule has 7 nitrogen and oxygen atoms in total. The van der Waals surface area contributed by atoms with Gasteiger partial charge in [0.15, 0.2) is 0 Å². The van der Waals surface area contributed by atoms with E-state index in [9.17, 15) is 9.59 Å². The molecule has 0 saturated heterocycles. The van der Waals surface area contributed by atoms with Crippen molar-refractivity contribution >= 4 is 23.4 Å². The first-order chi connectivity index (χ1) is 13.8. The fourth-order valence-corrected chi connectivity index (χ4v) is 3.33. The van der Waals surface area contributed by atoms with Crippen molar-refractivity contribution in [1.82, 2.24) is 14.9 Å². The normalized spacial score (nSPS) is 10.7. The summed E-state index contributed by atoms with van der Waals surface area (Å²) < 4.78 is 0.949. The molecule has 3 rings (SSSR count). The minimum Gasteiger partial charge on any atom is -0.334 e. The number of nitrogens with one attached hydrogen (secondary N) is 1. The minimum absolute atomic E-state index is 0.0650. The molecule has 0 fully saturated rings. The first-order valence-corrected chi connectivity index (χ1v) is 10.1. The Morgan fingerprint density at radius 2 is 1.79 bits per heavy atom. The highest BCUT2D eigenvalue weighted by molar-refractivity contribution is 7.99. The van der Waals surface area contributed by atoms with E-state index in [-0.39, 0.29) is 22.5 Å². The smallest absolute Gasteiger partial charge is 0.294 e. The number of nitrogens with two attached hydrogens (primary N) is 1. The van der Waals surface area contributed by atoms with E-state index < -0.39 is 5.56 Å². The van der Waals surface area contributed by atoms with Crippen LogP contribution < -0.4 is 16.7 Å². The third-order valence-electron chi connectivity index (χ3n) is 4.54. The van der Waals surface area contributed by atoms with Gasteiger partial charge in [-0.15, -0.1) is 10.2 Å². The third kappa shape index (κ3) is 5.23.